The van der Waals surface area contributed by atoms with E-state index in [1.807, 2.05) is 13.5 Å². The second-order valence-corrected chi connectivity index (χ2v) is 2.63. The fourth-order valence-electron chi connectivity index (χ4n) is 0.781. The topological polar surface area (TPSA) is 12.0 Å². The Kier molecular flexibility index (Phi) is 4.78. The van der Waals surface area contributed by atoms with E-state index in [0.717, 1.165) is 5.92 Å². The van der Waals surface area contributed by atoms with Gasteiger partial charge in [0.1, 0.15) is 0 Å². The van der Waals surface area contributed by atoms with Crippen molar-refractivity contribution in [1.29, 1.82) is 0 Å². The number of hydrogen-bond donors (Lipinski definition) is 1. The third-order valence-corrected chi connectivity index (χ3v) is 1.93. The summed E-state index contributed by atoms with van der Waals surface area (Å²) >= 11 is 0. The van der Waals surface area contributed by atoms with Crippen LogP contribution in [0.4, 0.5) is 0 Å². The highest BCUT2D eigenvalue weighted by molar-refractivity contribution is 4.69. The van der Waals surface area contributed by atoms with Crippen LogP contribution in [0.3, 0.4) is 0 Å². The SMILES string of the molecule is C[CH]NC(C)C(C)CC. The second-order valence-electron chi connectivity index (χ2n) is 2.63. The van der Waals surface area contributed by atoms with Crippen molar-refractivity contribution in [2.75, 3.05) is 0 Å². The molecule has 1 N–H and O–H groups in total. The normalized spacial score (nSPS) is 17.3. The molecule has 0 aliphatic rings. The summed E-state index contributed by atoms with van der Waals surface area (Å²) < 4.78 is 0. The molecule has 0 aromatic carbocycles. The fraction of sp³-hybridized carbons (Fsp3) is 0.875. The highest BCUT2D eigenvalue weighted by Gasteiger charge is 2.06. The second kappa shape index (κ2) is 4.80. The minimum Gasteiger partial charge on any atom is -0.310 e. The van der Waals surface area contributed by atoms with Gasteiger partial charge in [-0.25, -0.2) is 0 Å². The Morgan fingerprint density at radius 2 is 2.00 bits per heavy atom. The summed E-state index contributed by atoms with van der Waals surface area (Å²) in [4.78, 5) is 0. The lowest BCUT2D eigenvalue weighted by atomic mass is 10.0. The summed E-state index contributed by atoms with van der Waals surface area (Å²) in [5.74, 6) is 0.779. The van der Waals surface area contributed by atoms with Crippen LogP contribution in [0, 0.1) is 12.5 Å². The molecule has 0 saturated heterocycles. The summed E-state index contributed by atoms with van der Waals surface area (Å²) in [5.41, 5.74) is 0. The van der Waals surface area contributed by atoms with Gasteiger partial charge < -0.3 is 5.32 Å². The quantitative estimate of drug-likeness (QED) is 0.612. The molecular weight excluding hydrogens is 110 g/mol. The van der Waals surface area contributed by atoms with Gasteiger partial charge in [-0.15, -0.1) is 0 Å². The highest BCUT2D eigenvalue weighted by atomic mass is 14.9. The Morgan fingerprint density at radius 1 is 1.44 bits per heavy atom. The van der Waals surface area contributed by atoms with Crippen molar-refractivity contribution in [3.63, 3.8) is 0 Å². The molecule has 0 amide bonds. The largest absolute Gasteiger partial charge is 0.310 e. The van der Waals surface area contributed by atoms with E-state index in [0.29, 0.717) is 6.04 Å². The standard InChI is InChI=1S/C8H18N/c1-5-7(3)8(4)9-6-2/h6-9H,5H2,1-4H3. The first-order valence-electron chi connectivity index (χ1n) is 3.76. The van der Waals surface area contributed by atoms with Crippen LogP contribution in [0.15, 0.2) is 0 Å². The van der Waals surface area contributed by atoms with E-state index in [1.54, 1.807) is 0 Å². The third kappa shape index (κ3) is 3.52. The maximum atomic E-state index is 3.27. The molecule has 0 aromatic heterocycles. The van der Waals surface area contributed by atoms with Crippen LogP contribution in [0.5, 0.6) is 0 Å². The third-order valence-electron chi connectivity index (χ3n) is 1.93. The molecule has 55 valence electrons. The van der Waals surface area contributed by atoms with E-state index in [4.69, 9.17) is 0 Å². The molecule has 0 heterocycles. The molecule has 0 aliphatic heterocycles. The van der Waals surface area contributed by atoms with Crippen LogP contribution >= 0.6 is 0 Å². The van der Waals surface area contributed by atoms with Gasteiger partial charge in [-0.3, -0.25) is 0 Å². The average Bonchev–Trinajstić information content (AvgIpc) is 1.87. The van der Waals surface area contributed by atoms with Crippen molar-refractivity contribution in [3.8, 4) is 0 Å². The van der Waals surface area contributed by atoms with Gasteiger partial charge in [0.2, 0.25) is 0 Å². The van der Waals surface area contributed by atoms with Gasteiger partial charge in [0, 0.05) is 12.6 Å². The molecule has 0 saturated carbocycles. The van der Waals surface area contributed by atoms with Crippen LogP contribution in [-0.2, 0) is 0 Å². The van der Waals surface area contributed by atoms with E-state index in [1.165, 1.54) is 6.42 Å². The summed E-state index contributed by atoms with van der Waals surface area (Å²) in [5, 5.41) is 3.27. The van der Waals surface area contributed by atoms with Crippen molar-refractivity contribution in [1.82, 2.24) is 5.32 Å². The van der Waals surface area contributed by atoms with Crippen LogP contribution in [-0.4, -0.2) is 6.04 Å². The molecule has 1 nitrogen and oxygen atoms in total. The van der Waals surface area contributed by atoms with Gasteiger partial charge in [0.05, 0.1) is 0 Å². The van der Waals surface area contributed by atoms with Crippen molar-refractivity contribution >= 4 is 0 Å². The van der Waals surface area contributed by atoms with Crippen LogP contribution in [0.25, 0.3) is 0 Å². The zero-order valence-corrected chi connectivity index (χ0v) is 6.94. The lowest BCUT2D eigenvalue weighted by Crippen LogP contribution is -2.28. The van der Waals surface area contributed by atoms with Gasteiger partial charge in [0.25, 0.3) is 0 Å². The minimum absolute atomic E-state index is 0.625. The zero-order chi connectivity index (χ0) is 7.28. The first-order valence-corrected chi connectivity index (χ1v) is 3.76. The Bertz CT molecular complexity index is 61.6. The molecular formula is C8H18N. The molecule has 1 radical (unpaired) electrons. The molecule has 0 bridgehead atoms. The average molecular weight is 128 g/mol. The molecule has 2 unspecified atom stereocenters. The summed E-state index contributed by atoms with van der Waals surface area (Å²) in [6.07, 6.45) is 1.25. The molecule has 1 heteroatoms. The van der Waals surface area contributed by atoms with Gasteiger partial charge in [-0.2, -0.15) is 0 Å². The van der Waals surface area contributed by atoms with Crippen molar-refractivity contribution < 1.29 is 0 Å². The zero-order valence-electron chi connectivity index (χ0n) is 6.94. The maximum Gasteiger partial charge on any atom is 0.0192 e. The molecule has 0 rings (SSSR count). The van der Waals surface area contributed by atoms with E-state index in [9.17, 15) is 0 Å². The Balaban J connectivity index is 3.32. The van der Waals surface area contributed by atoms with Crippen LogP contribution < -0.4 is 5.32 Å². The molecule has 9 heavy (non-hydrogen) atoms. The Hall–Kier alpha value is -0.0400. The van der Waals surface area contributed by atoms with E-state index in [-0.39, 0.29) is 0 Å². The first kappa shape index (κ1) is 8.96. The molecule has 0 aromatic rings. The summed E-state index contributed by atoms with van der Waals surface area (Å²) in [6, 6.07) is 0.625. The van der Waals surface area contributed by atoms with Crippen LogP contribution in [0.1, 0.15) is 34.1 Å². The minimum atomic E-state index is 0.625. The predicted molar refractivity (Wildman–Crippen MR) is 42.0 cm³/mol. The Labute approximate surface area is 58.8 Å². The van der Waals surface area contributed by atoms with E-state index >= 15 is 0 Å². The number of nitrogens with one attached hydrogen (secondary N) is 1. The molecule has 0 fully saturated rings. The maximum absolute atomic E-state index is 3.27. The van der Waals surface area contributed by atoms with Crippen molar-refractivity contribution in [2.45, 2.75) is 40.2 Å². The molecule has 2 atom stereocenters. The first-order chi connectivity index (χ1) is 4.22. The monoisotopic (exact) mass is 128 g/mol. The number of hydrogen-bond acceptors (Lipinski definition) is 1. The lowest BCUT2D eigenvalue weighted by Gasteiger charge is -2.18. The molecule has 0 spiro atoms. The van der Waals surface area contributed by atoms with Gasteiger partial charge in [0.15, 0.2) is 0 Å². The molecule has 0 aliphatic carbocycles. The van der Waals surface area contributed by atoms with Crippen LogP contribution in [0.2, 0.25) is 0 Å². The van der Waals surface area contributed by atoms with Gasteiger partial charge in [-0.05, 0) is 19.8 Å². The smallest absolute Gasteiger partial charge is 0.0192 e. The van der Waals surface area contributed by atoms with Gasteiger partial charge >= 0.3 is 0 Å². The highest BCUT2D eigenvalue weighted by Crippen LogP contribution is 2.05. The predicted octanol–water partition coefficient (Wildman–Crippen LogP) is 2.19. The van der Waals surface area contributed by atoms with Crippen molar-refractivity contribution in [2.24, 2.45) is 5.92 Å². The Morgan fingerprint density at radius 3 is 2.33 bits per heavy atom. The summed E-state index contributed by atoms with van der Waals surface area (Å²) in [7, 11) is 0. The number of rotatable bonds is 4. The van der Waals surface area contributed by atoms with Crippen molar-refractivity contribution in [3.05, 3.63) is 6.54 Å². The lowest BCUT2D eigenvalue weighted by molar-refractivity contribution is 0.415. The van der Waals surface area contributed by atoms with E-state index in [2.05, 4.69) is 26.1 Å². The summed E-state index contributed by atoms with van der Waals surface area (Å²) in [6.45, 7) is 10.7. The van der Waals surface area contributed by atoms with E-state index < -0.39 is 0 Å². The van der Waals surface area contributed by atoms with Gasteiger partial charge in [-0.1, -0.05) is 20.3 Å². The fourth-order valence-corrected chi connectivity index (χ4v) is 0.781.